The SMILES string of the molecule is Cc1nn(-c2ccccc2)nc1-c1nn(Cc2ccc(S(C)(=O)=O)cc2)c(=O)o1. The molecule has 0 fully saturated rings. The van der Waals surface area contributed by atoms with Gasteiger partial charge in [0.1, 0.15) is 0 Å². The molecule has 9 nitrogen and oxygen atoms in total. The summed E-state index contributed by atoms with van der Waals surface area (Å²) in [7, 11) is -3.28. The fraction of sp³-hybridized carbons (Fsp3) is 0.158. The van der Waals surface area contributed by atoms with Crippen LogP contribution in [0.5, 0.6) is 0 Å². The molecule has 2 aromatic heterocycles. The lowest BCUT2D eigenvalue weighted by molar-refractivity contribution is 0.493. The van der Waals surface area contributed by atoms with Crippen LogP contribution in [0.3, 0.4) is 0 Å². The van der Waals surface area contributed by atoms with Gasteiger partial charge in [0.05, 0.1) is 22.8 Å². The minimum Gasteiger partial charge on any atom is -0.386 e. The average Bonchev–Trinajstić information content (AvgIpc) is 3.25. The van der Waals surface area contributed by atoms with Crippen molar-refractivity contribution in [3.8, 4) is 17.3 Å². The number of aryl methyl sites for hydroxylation is 1. The van der Waals surface area contributed by atoms with Crippen LogP contribution in [0.25, 0.3) is 17.3 Å². The lowest BCUT2D eigenvalue weighted by atomic mass is 10.2. The third kappa shape index (κ3) is 3.87. The van der Waals surface area contributed by atoms with E-state index >= 15 is 0 Å². The average molecular weight is 411 g/mol. The van der Waals surface area contributed by atoms with E-state index in [1.54, 1.807) is 19.1 Å². The van der Waals surface area contributed by atoms with Crippen molar-refractivity contribution in [2.45, 2.75) is 18.4 Å². The van der Waals surface area contributed by atoms with Crippen molar-refractivity contribution < 1.29 is 12.8 Å². The van der Waals surface area contributed by atoms with Gasteiger partial charge in [0.15, 0.2) is 15.5 Å². The molecule has 4 aromatic rings. The van der Waals surface area contributed by atoms with Crippen molar-refractivity contribution in [3.05, 3.63) is 76.4 Å². The molecule has 148 valence electrons. The van der Waals surface area contributed by atoms with Gasteiger partial charge < -0.3 is 4.42 Å². The zero-order valence-corrected chi connectivity index (χ0v) is 16.5. The van der Waals surface area contributed by atoms with E-state index in [1.165, 1.54) is 16.9 Å². The normalized spacial score (nSPS) is 11.7. The van der Waals surface area contributed by atoms with Crippen LogP contribution < -0.4 is 5.76 Å². The molecule has 2 aromatic carbocycles. The van der Waals surface area contributed by atoms with Crippen molar-refractivity contribution in [3.63, 3.8) is 0 Å². The molecule has 0 saturated heterocycles. The van der Waals surface area contributed by atoms with Crippen LogP contribution >= 0.6 is 0 Å². The second kappa shape index (κ2) is 7.13. The fourth-order valence-corrected chi connectivity index (χ4v) is 3.40. The third-order valence-electron chi connectivity index (χ3n) is 4.26. The predicted molar refractivity (Wildman–Crippen MR) is 105 cm³/mol. The second-order valence-electron chi connectivity index (χ2n) is 6.51. The Bertz CT molecular complexity index is 1320. The molecular weight excluding hydrogens is 394 g/mol. The van der Waals surface area contributed by atoms with Gasteiger partial charge in [-0.1, -0.05) is 30.3 Å². The minimum absolute atomic E-state index is 0.0717. The van der Waals surface area contributed by atoms with E-state index in [0.717, 1.165) is 16.6 Å². The summed E-state index contributed by atoms with van der Waals surface area (Å²) in [6, 6.07) is 15.6. The van der Waals surface area contributed by atoms with E-state index < -0.39 is 15.6 Å². The van der Waals surface area contributed by atoms with Gasteiger partial charge in [-0.25, -0.2) is 13.2 Å². The standard InChI is InChI=1S/C19H17N5O4S/c1-13-17(21-24(20-13)15-6-4-3-5-7-15)18-22-23(19(25)28-18)12-14-8-10-16(11-9-14)29(2,26)27/h3-11H,12H2,1-2H3. The molecule has 0 amide bonds. The predicted octanol–water partition coefficient (Wildman–Crippen LogP) is 1.84. The third-order valence-corrected chi connectivity index (χ3v) is 5.39. The van der Waals surface area contributed by atoms with Crippen LogP contribution in [0.15, 0.2) is 68.7 Å². The molecule has 10 heteroatoms. The van der Waals surface area contributed by atoms with E-state index in [0.29, 0.717) is 17.0 Å². The highest BCUT2D eigenvalue weighted by Gasteiger charge is 2.18. The molecule has 0 bridgehead atoms. The first kappa shape index (κ1) is 18.8. The lowest BCUT2D eigenvalue weighted by Gasteiger charge is -2.02. The second-order valence-corrected chi connectivity index (χ2v) is 8.52. The molecule has 0 N–H and O–H groups in total. The molecule has 0 spiro atoms. The lowest BCUT2D eigenvalue weighted by Crippen LogP contribution is -2.16. The summed E-state index contributed by atoms with van der Waals surface area (Å²) in [5.41, 5.74) is 2.43. The zero-order valence-electron chi connectivity index (χ0n) is 15.7. The molecule has 0 saturated carbocycles. The Morgan fingerprint density at radius 1 is 0.966 bits per heavy atom. The highest BCUT2D eigenvalue weighted by atomic mass is 32.2. The van der Waals surface area contributed by atoms with E-state index in [2.05, 4.69) is 15.3 Å². The highest BCUT2D eigenvalue weighted by molar-refractivity contribution is 7.90. The Balaban J connectivity index is 1.62. The molecule has 0 unspecified atom stereocenters. The van der Waals surface area contributed by atoms with Crippen molar-refractivity contribution in [1.82, 2.24) is 24.8 Å². The zero-order chi connectivity index (χ0) is 20.6. The Morgan fingerprint density at radius 2 is 1.66 bits per heavy atom. The first-order valence-electron chi connectivity index (χ1n) is 8.68. The maximum atomic E-state index is 12.2. The number of hydrogen-bond acceptors (Lipinski definition) is 7. The molecule has 0 aliphatic heterocycles. The summed E-state index contributed by atoms with van der Waals surface area (Å²) >= 11 is 0. The Labute approximate surface area is 166 Å². The van der Waals surface area contributed by atoms with Crippen LogP contribution in [0.1, 0.15) is 11.3 Å². The molecule has 0 atom stereocenters. The van der Waals surface area contributed by atoms with E-state index in [4.69, 9.17) is 4.42 Å². The van der Waals surface area contributed by atoms with E-state index in [9.17, 15) is 13.2 Å². The van der Waals surface area contributed by atoms with Crippen LogP contribution in [0.2, 0.25) is 0 Å². The number of para-hydroxylation sites is 1. The van der Waals surface area contributed by atoms with Crippen LogP contribution in [0.4, 0.5) is 0 Å². The maximum absolute atomic E-state index is 12.2. The number of rotatable bonds is 5. The quantitative estimate of drug-likeness (QED) is 0.492. The number of aromatic nitrogens is 5. The first-order valence-corrected chi connectivity index (χ1v) is 10.6. The minimum atomic E-state index is -3.28. The molecule has 0 aliphatic carbocycles. The first-order chi connectivity index (χ1) is 13.8. The van der Waals surface area contributed by atoms with E-state index in [1.807, 2.05) is 30.3 Å². The Kier molecular flexibility index (Phi) is 4.63. The smallest absolute Gasteiger partial charge is 0.386 e. The van der Waals surface area contributed by atoms with E-state index in [-0.39, 0.29) is 17.3 Å². The van der Waals surface area contributed by atoms with Crippen molar-refractivity contribution in [1.29, 1.82) is 0 Å². The Hall–Kier alpha value is -3.53. The summed E-state index contributed by atoms with van der Waals surface area (Å²) < 4.78 is 29.5. The van der Waals surface area contributed by atoms with Crippen LogP contribution in [0, 0.1) is 6.92 Å². The van der Waals surface area contributed by atoms with Crippen molar-refractivity contribution in [2.75, 3.05) is 6.26 Å². The highest BCUT2D eigenvalue weighted by Crippen LogP contribution is 2.18. The molecular formula is C19H17N5O4S. The summed E-state index contributed by atoms with van der Waals surface area (Å²) in [6.45, 7) is 1.89. The molecule has 29 heavy (non-hydrogen) atoms. The number of sulfone groups is 1. The summed E-state index contributed by atoms with van der Waals surface area (Å²) in [5.74, 6) is -0.566. The molecule has 2 heterocycles. The van der Waals surface area contributed by atoms with Crippen molar-refractivity contribution >= 4 is 9.84 Å². The summed E-state index contributed by atoms with van der Waals surface area (Å²) in [6.07, 6.45) is 1.14. The van der Waals surface area contributed by atoms with Crippen molar-refractivity contribution in [2.24, 2.45) is 0 Å². The largest absolute Gasteiger partial charge is 0.437 e. The fourth-order valence-electron chi connectivity index (χ4n) is 2.77. The van der Waals surface area contributed by atoms with Gasteiger partial charge in [-0.05, 0) is 36.8 Å². The van der Waals surface area contributed by atoms with Crippen LogP contribution in [-0.4, -0.2) is 39.4 Å². The topological polar surface area (TPSA) is 113 Å². The number of benzene rings is 2. The Morgan fingerprint density at radius 3 is 2.31 bits per heavy atom. The number of nitrogens with zero attached hydrogens (tertiary/aromatic N) is 5. The molecule has 4 rings (SSSR count). The monoisotopic (exact) mass is 411 g/mol. The van der Waals surface area contributed by atoms with Gasteiger partial charge in [-0.3, -0.25) is 0 Å². The summed E-state index contributed by atoms with van der Waals surface area (Å²) in [4.78, 5) is 13.9. The van der Waals surface area contributed by atoms with Gasteiger partial charge in [-0.15, -0.1) is 10.2 Å². The van der Waals surface area contributed by atoms with Gasteiger partial charge in [0, 0.05) is 6.26 Å². The van der Waals surface area contributed by atoms with Crippen LogP contribution in [-0.2, 0) is 16.4 Å². The number of hydrogen-bond donors (Lipinski definition) is 0. The van der Waals surface area contributed by atoms with Gasteiger partial charge in [0.2, 0.25) is 0 Å². The molecule has 0 aliphatic rings. The summed E-state index contributed by atoms with van der Waals surface area (Å²) in [5, 5.41) is 12.9. The van der Waals surface area contributed by atoms with Gasteiger partial charge >= 0.3 is 5.76 Å². The van der Waals surface area contributed by atoms with Gasteiger partial charge in [0.25, 0.3) is 5.89 Å². The molecule has 0 radical (unpaired) electrons. The maximum Gasteiger partial charge on any atom is 0.437 e. The van der Waals surface area contributed by atoms with Gasteiger partial charge in [-0.2, -0.15) is 14.6 Å².